The quantitative estimate of drug-likeness (QED) is 0.100. The molecule has 4 rings (SSSR count). The number of hydrogen-bond donors (Lipinski definition) is 2. The molecule has 217 valence electrons. The molecule has 3 atom stereocenters. The zero-order valence-corrected chi connectivity index (χ0v) is 29.3. The summed E-state index contributed by atoms with van der Waals surface area (Å²) in [6, 6.07) is 29.2. The van der Waals surface area contributed by atoms with E-state index in [-0.39, 0.29) is 17.7 Å². The zero-order chi connectivity index (χ0) is 29.7. The molecule has 3 unspecified atom stereocenters. The van der Waals surface area contributed by atoms with Crippen LogP contribution in [-0.2, 0) is 37.3 Å². The molecule has 0 saturated carbocycles. The van der Waals surface area contributed by atoms with Crippen LogP contribution in [0, 0.1) is 0 Å². The Bertz CT molecular complexity index is 1400. The van der Waals surface area contributed by atoms with Crippen molar-refractivity contribution in [1.82, 2.24) is 30.5 Å². The molecule has 3 radical (unpaired) electrons. The van der Waals surface area contributed by atoms with E-state index < -0.39 is 0 Å². The Morgan fingerprint density at radius 2 is 1.64 bits per heavy atom. The van der Waals surface area contributed by atoms with Gasteiger partial charge in [-0.15, -0.1) is 9.24 Å². The predicted molar refractivity (Wildman–Crippen MR) is 174 cm³/mol. The molecule has 0 fully saturated rings. The first-order valence-corrected chi connectivity index (χ1v) is 17.7. The Labute approximate surface area is 268 Å². The number of carbonyl (C=O) groups excluding carboxylic acids is 1. The van der Waals surface area contributed by atoms with Crippen molar-refractivity contribution in [3.63, 3.8) is 0 Å². The fourth-order valence-electron chi connectivity index (χ4n) is 4.61. The monoisotopic (exact) mass is 775 g/mol. The maximum atomic E-state index is 12.9. The Morgan fingerprint density at radius 1 is 0.976 bits per heavy atom. The summed E-state index contributed by atoms with van der Waals surface area (Å²) in [4.78, 5) is 15.1. The van der Waals surface area contributed by atoms with Gasteiger partial charge in [0.1, 0.15) is 0 Å². The van der Waals surface area contributed by atoms with Crippen LogP contribution >= 0.6 is 9.24 Å². The summed E-state index contributed by atoms with van der Waals surface area (Å²) in [5.74, 6) is 0.193. The van der Waals surface area contributed by atoms with E-state index >= 15 is 0 Å². The zero-order valence-electron chi connectivity index (χ0n) is 24.2. The van der Waals surface area contributed by atoms with Crippen LogP contribution in [-0.4, -0.2) is 68.3 Å². The maximum absolute atomic E-state index is 12.9. The molecule has 0 spiro atoms. The number of aromatic nitrogens is 3. The summed E-state index contributed by atoms with van der Waals surface area (Å²) < 4.78 is 2.74. The molecule has 4 aromatic rings. The molecule has 1 heterocycles. The molecule has 0 aliphatic carbocycles. The summed E-state index contributed by atoms with van der Waals surface area (Å²) >= 11 is 1.00. The standard InChI is InChI=1S/C33H40N6OP.Pb/c1-25(2)31(35-32(40)24-38(3)21-28-12-8-5-9-13-28)23-39-22-30(36-37-39)19-16-26-14-17-29(18-15-26)33(41)34-20-27-10-6-4-7-11-27;/h4-15,17-18,22,31,33-34H,1,3,16,19-21,23-24,41H2,2H3,(H,35,40);. The van der Waals surface area contributed by atoms with Crippen LogP contribution in [0.4, 0.5) is 0 Å². The summed E-state index contributed by atoms with van der Waals surface area (Å²) in [5.41, 5.74) is 6.82. The van der Waals surface area contributed by atoms with E-state index in [1.807, 2.05) is 42.1 Å². The van der Waals surface area contributed by atoms with Gasteiger partial charge >= 0.3 is 171 Å². The van der Waals surface area contributed by atoms with Crippen LogP contribution < -0.4 is 10.6 Å². The van der Waals surface area contributed by atoms with Gasteiger partial charge in [0, 0.05) is 12.3 Å². The number of carbonyl (C=O) groups is 1. The van der Waals surface area contributed by atoms with Crippen molar-refractivity contribution in [3.8, 4) is 0 Å². The van der Waals surface area contributed by atoms with Gasteiger partial charge < -0.3 is 5.32 Å². The molecule has 3 aromatic carbocycles. The molecule has 0 aliphatic heterocycles. The first-order valence-electron chi connectivity index (χ1n) is 14.3. The van der Waals surface area contributed by atoms with Crippen LogP contribution in [0.15, 0.2) is 103 Å². The summed E-state index contributed by atoms with van der Waals surface area (Å²) in [5, 5.41) is 15.4. The fraction of sp³-hybridized carbons (Fsp3) is 0.303. The minimum atomic E-state index is -0.206. The summed E-state index contributed by atoms with van der Waals surface area (Å²) in [7, 11) is 2.89. The molecule has 0 saturated heterocycles. The first-order chi connectivity index (χ1) is 20.4. The third kappa shape index (κ3) is 10.5. The second kappa shape index (κ2) is 16.8. The molecule has 1 aromatic heterocycles. The van der Waals surface area contributed by atoms with E-state index in [2.05, 4.69) is 102 Å². The first kappa shape index (κ1) is 32.2. The van der Waals surface area contributed by atoms with Gasteiger partial charge in [-0.2, -0.15) is 0 Å². The van der Waals surface area contributed by atoms with E-state index in [4.69, 9.17) is 0 Å². The van der Waals surface area contributed by atoms with Gasteiger partial charge in [-0.1, -0.05) is 54.6 Å². The predicted octanol–water partition coefficient (Wildman–Crippen LogP) is 4.42. The van der Waals surface area contributed by atoms with Crippen molar-refractivity contribution in [2.24, 2.45) is 0 Å². The van der Waals surface area contributed by atoms with E-state index in [0.29, 0.717) is 13.1 Å². The molecular weight excluding hydrogens is 735 g/mol. The van der Waals surface area contributed by atoms with Gasteiger partial charge in [-0.3, -0.25) is 0 Å². The average Bonchev–Trinajstić information content (AvgIpc) is 3.46. The fourth-order valence-corrected chi connectivity index (χ4v) is 5.82. The Hall–Kier alpha value is -2.72. The van der Waals surface area contributed by atoms with Gasteiger partial charge in [0.25, 0.3) is 0 Å². The van der Waals surface area contributed by atoms with E-state index in [9.17, 15) is 4.79 Å². The van der Waals surface area contributed by atoms with Gasteiger partial charge in [0.15, 0.2) is 0 Å². The molecule has 7 nitrogen and oxygen atoms in total. The second-order valence-electron chi connectivity index (χ2n) is 10.6. The van der Waals surface area contributed by atoms with Gasteiger partial charge in [0.2, 0.25) is 0 Å². The Balaban J connectivity index is 1.23. The van der Waals surface area contributed by atoms with Crippen molar-refractivity contribution in [1.29, 1.82) is 0 Å². The molecule has 0 bridgehead atoms. The van der Waals surface area contributed by atoms with E-state index in [0.717, 1.165) is 67.1 Å². The molecule has 42 heavy (non-hydrogen) atoms. The molecular formula is C33H40N6OPPb. The molecule has 0 aliphatic rings. The Morgan fingerprint density at radius 3 is 2.29 bits per heavy atom. The van der Waals surface area contributed by atoms with Gasteiger partial charge in [-0.25, -0.2) is 0 Å². The minimum absolute atomic E-state index is 0.00144. The third-order valence-electron chi connectivity index (χ3n) is 7.10. The number of hydrogen-bond acceptors (Lipinski definition) is 5. The molecule has 1 amide bonds. The van der Waals surface area contributed by atoms with Crippen molar-refractivity contribution in [3.05, 3.63) is 131 Å². The van der Waals surface area contributed by atoms with Crippen molar-refractivity contribution in [2.75, 3.05) is 10.6 Å². The molecule has 2 N–H and O–H groups in total. The normalized spacial score (nSPS) is 12.7. The van der Waals surface area contributed by atoms with E-state index in [1.165, 1.54) is 22.3 Å². The number of aryl methyl sites for hydroxylation is 2. The third-order valence-corrected chi connectivity index (χ3v) is 9.46. The van der Waals surface area contributed by atoms with Crippen LogP contribution in [0.25, 0.3) is 0 Å². The van der Waals surface area contributed by atoms with E-state index in [1.54, 1.807) is 0 Å². The van der Waals surface area contributed by atoms with Crippen molar-refractivity contribution in [2.45, 2.75) is 51.2 Å². The average molecular weight is 775 g/mol. The van der Waals surface area contributed by atoms with Crippen LogP contribution in [0.5, 0.6) is 0 Å². The number of rotatable bonds is 16. The number of benzene rings is 3. The number of amides is 1. The van der Waals surface area contributed by atoms with Gasteiger partial charge in [0.05, 0.1) is 0 Å². The number of nitrogens with one attached hydrogen (secondary N) is 2. The van der Waals surface area contributed by atoms with Crippen molar-refractivity contribution < 1.29 is 4.79 Å². The van der Waals surface area contributed by atoms with Crippen LogP contribution in [0.1, 0.15) is 40.7 Å². The van der Waals surface area contributed by atoms with Crippen LogP contribution in [0.3, 0.4) is 0 Å². The van der Waals surface area contributed by atoms with Gasteiger partial charge in [-0.05, 0) is 16.7 Å². The summed E-state index contributed by atoms with van der Waals surface area (Å²) in [6.07, 6.45) is 3.66. The second-order valence-corrected chi connectivity index (χ2v) is 12.5. The van der Waals surface area contributed by atoms with Crippen LogP contribution in [0.2, 0.25) is 0 Å². The van der Waals surface area contributed by atoms with Crippen molar-refractivity contribution >= 4 is 40.9 Å². The summed E-state index contributed by atoms with van der Waals surface area (Å²) in [6.45, 7) is 8.53. The SMILES string of the molecule is C=C(C)C(Cn1cc(CCc2ccc(C(P)NCc3ccccc3)cc2)nn1)NC(=O)CN([CH2][Pb])Cc1ccccc1. The molecule has 9 heteroatoms. The topological polar surface area (TPSA) is 75.1 Å². The number of nitrogens with zero attached hydrogens (tertiary/aromatic N) is 4. The Kier molecular flexibility index (Phi) is 12.9.